The molecule has 1 N–H and O–H groups in total. The number of carboxylic acids is 1. The summed E-state index contributed by atoms with van der Waals surface area (Å²) in [5.41, 5.74) is -0.374. The molecule has 0 fully saturated rings. The van der Waals surface area contributed by atoms with Crippen molar-refractivity contribution in [1.82, 2.24) is 0 Å². The van der Waals surface area contributed by atoms with E-state index in [4.69, 9.17) is 9.84 Å². The molecule has 0 heterocycles. The lowest BCUT2D eigenvalue weighted by molar-refractivity contribution is -0.138. The largest absolute Gasteiger partial charge is 0.480 e. The van der Waals surface area contributed by atoms with Crippen LogP contribution in [0.25, 0.3) is 0 Å². The van der Waals surface area contributed by atoms with Crippen LogP contribution in [0, 0.1) is 5.41 Å². The van der Waals surface area contributed by atoms with Gasteiger partial charge in [0, 0.05) is 12.5 Å². The highest BCUT2D eigenvalue weighted by atomic mass is 79.9. The first kappa shape index (κ1) is 10.9. The predicted octanol–water partition coefficient (Wildman–Crippen LogP) is 1.51. The predicted molar refractivity (Wildman–Crippen MR) is 46.0 cm³/mol. The molecule has 0 bridgehead atoms. The number of methoxy groups -OCH3 is 1. The summed E-state index contributed by atoms with van der Waals surface area (Å²) in [7, 11) is 1.56. The zero-order chi connectivity index (χ0) is 9.07. The van der Waals surface area contributed by atoms with Crippen LogP contribution in [0.5, 0.6) is 0 Å². The van der Waals surface area contributed by atoms with Crippen LogP contribution in [0.3, 0.4) is 0 Å². The van der Waals surface area contributed by atoms with E-state index in [0.717, 1.165) is 0 Å². The van der Waals surface area contributed by atoms with Gasteiger partial charge >= 0.3 is 5.97 Å². The van der Waals surface area contributed by atoms with Gasteiger partial charge in [-0.2, -0.15) is 0 Å². The molecule has 0 aromatic carbocycles. The third-order valence-electron chi connectivity index (χ3n) is 1.42. The minimum Gasteiger partial charge on any atom is -0.480 e. The average Bonchev–Trinajstić information content (AvgIpc) is 1.86. The van der Waals surface area contributed by atoms with E-state index >= 15 is 0 Å². The lowest BCUT2D eigenvalue weighted by Gasteiger charge is -2.26. The molecule has 0 aromatic heterocycles. The lowest BCUT2D eigenvalue weighted by Crippen LogP contribution is -2.35. The van der Waals surface area contributed by atoms with Crippen LogP contribution < -0.4 is 0 Å². The van der Waals surface area contributed by atoms with Crippen molar-refractivity contribution in [3.63, 3.8) is 0 Å². The van der Waals surface area contributed by atoms with Gasteiger partial charge in [0.2, 0.25) is 0 Å². The summed E-state index contributed by atoms with van der Waals surface area (Å²) in [6, 6.07) is 0. The maximum Gasteiger partial charge on any atom is 0.317 e. The fourth-order valence-corrected chi connectivity index (χ4v) is 0.912. The fraction of sp³-hybridized carbons (Fsp3) is 0.857. The third-order valence-corrected chi connectivity index (χ3v) is 3.05. The van der Waals surface area contributed by atoms with Crippen molar-refractivity contribution in [2.75, 3.05) is 13.7 Å². The van der Waals surface area contributed by atoms with Crippen LogP contribution in [0.2, 0.25) is 0 Å². The molecule has 0 rings (SSSR count). The quantitative estimate of drug-likeness (QED) is 0.737. The Hall–Kier alpha value is -0.0900. The average molecular weight is 225 g/mol. The van der Waals surface area contributed by atoms with E-state index in [1.807, 2.05) is 13.8 Å². The summed E-state index contributed by atoms with van der Waals surface area (Å²) in [4.78, 5) is 9.96. The number of hydrogen-bond donors (Lipinski definition) is 1. The third kappa shape index (κ3) is 3.20. The minimum atomic E-state index is -0.855. The van der Waals surface area contributed by atoms with Gasteiger partial charge in [-0.15, -0.1) is 0 Å². The molecule has 1 atom stereocenters. The Labute approximate surface area is 74.9 Å². The van der Waals surface area contributed by atoms with Crippen LogP contribution in [0.15, 0.2) is 0 Å². The Morgan fingerprint density at radius 1 is 1.73 bits per heavy atom. The monoisotopic (exact) mass is 224 g/mol. The molecule has 4 heteroatoms. The van der Waals surface area contributed by atoms with Gasteiger partial charge in [0.15, 0.2) is 0 Å². The van der Waals surface area contributed by atoms with Crippen molar-refractivity contribution in [1.29, 1.82) is 0 Å². The van der Waals surface area contributed by atoms with E-state index in [2.05, 4.69) is 15.9 Å². The zero-order valence-electron chi connectivity index (χ0n) is 6.93. The molecule has 0 aliphatic heterocycles. The topological polar surface area (TPSA) is 46.5 Å². The number of aliphatic carboxylic acids is 1. The van der Waals surface area contributed by atoms with Crippen molar-refractivity contribution in [3.8, 4) is 0 Å². The fourth-order valence-electron chi connectivity index (χ4n) is 0.779. The molecule has 0 amide bonds. The lowest BCUT2D eigenvalue weighted by atomic mass is 9.90. The summed E-state index contributed by atoms with van der Waals surface area (Å²) < 4.78 is 4.88. The maximum atomic E-state index is 10.5. The molecule has 0 saturated carbocycles. The Morgan fingerprint density at radius 3 is 2.45 bits per heavy atom. The van der Waals surface area contributed by atoms with E-state index in [0.29, 0.717) is 6.61 Å². The Morgan fingerprint density at radius 2 is 2.18 bits per heavy atom. The van der Waals surface area contributed by atoms with E-state index in [9.17, 15) is 4.79 Å². The molecule has 0 saturated heterocycles. The van der Waals surface area contributed by atoms with Crippen LogP contribution in [-0.2, 0) is 9.53 Å². The first-order valence-electron chi connectivity index (χ1n) is 3.27. The molecule has 0 aromatic rings. The zero-order valence-corrected chi connectivity index (χ0v) is 8.51. The number of halogens is 1. The number of carbonyl (C=O) groups is 1. The molecule has 3 nitrogen and oxygen atoms in total. The molecule has 1 unspecified atom stereocenters. The van der Waals surface area contributed by atoms with Gasteiger partial charge in [-0.3, -0.25) is 4.79 Å². The first-order chi connectivity index (χ1) is 4.91. The number of carboxylic acid groups (broad SMARTS) is 1. The molecular weight excluding hydrogens is 212 g/mol. The number of hydrogen-bond acceptors (Lipinski definition) is 2. The molecule has 0 aliphatic carbocycles. The Kier molecular flexibility index (Phi) is 4.03. The van der Waals surface area contributed by atoms with Crippen LogP contribution >= 0.6 is 15.9 Å². The van der Waals surface area contributed by atoms with Gasteiger partial charge in [-0.05, 0) is 0 Å². The number of rotatable bonds is 4. The Bertz CT molecular complexity index is 145. The molecule has 66 valence electrons. The van der Waals surface area contributed by atoms with Crippen LogP contribution in [0.4, 0.5) is 0 Å². The highest BCUT2D eigenvalue weighted by Gasteiger charge is 2.32. The van der Waals surface area contributed by atoms with Crippen molar-refractivity contribution in [2.24, 2.45) is 5.41 Å². The van der Waals surface area contributed by atoms with E-state index in [1.165, 1.54) is 0 Å². The van der Waals surface area contributed by atoms with Crippen molar-refractivity contribution in [2.45, 2.75) is 18.7 Å². The highest BCUT2D eigenvalue weighted by Crippen LogP contribution is 2.27. The molecule has 0 aliphatic rings. The van der Waals surface area contributed by atoms with Gasteiger partial charge in [0.1, 0.15) is 4.83 Å². The number of alkyl halides is 1. The molecule has 0 radical (unpaired) electrons. The molecule has 11 heavy (non-hydrogen) atoms. The second-order valence-electron chi connectivity index (χ2n) is 3.12. The van der Waals surface area contributed by atoms with Crippen molar-refractivity contribution >= 4 is 21.9 Å². The van der Waals surface area contributed by atoms with Gasteiger partial charge < -0.3 is 9.84 Å². The second kappa shape index (κ2) is 4.07. The minimum absolute atomic E-state index is 0.374. The molecular formula is C7H13BrO3. The number of ether oxygens (including phenoxy) is 1. The second-order valence-corrected chi connectivity index (χ2v) is 4.04. The van der Waals surface area contributed by atoms with E-state index in [1.54, 1.807) is 7.11 Å². The standard InChI is InChI=1S/C7H13BrO3/c1-7(2,4-11-3)5(8)6(9)10/h5H,4H2,1-3H3,(H,9,10). The van der Waals surface area contributed by atoms with Gasteiger partial charge in [-0.1, -0.05) is 29.8 Å². The SMILES string of the molecule is COCC(C)(C)C(Br)C(=O)O. The van der Waals surface area contributed by atoms with Crippen LogP contribution in [0.1, 0.15) is 13.8 Å². The summed E-state index contributed by atoms with van der Waals surface area (Å²) in [6.07, 6.45) is 0. The van der Waals surface area contributed by atoms with Crippen molar-refractivity contribution in [3.05, 3.63) is 0 Å². The first-order valence-corrected chi connectivity index (χ1v) is 4.19. The summed E-state index contributed by atoms with van der Waals surface area (Å²) >= 11 is 3.09. The van der Waals surface area contributed by atoms with Gasteiger partial charge in [0.05, 0.1) is 6.61 Å². The summed E-state index contributed by atoms with van der Waals surface area (Å²) in [5.74, 6) is -0.855. The van der Waals surface area contributed by atoms with Gasteiger partial charge in [0.25, 0.3) is 0 Å². The van der Waals surface area contributed by atoms with E-state index in [-0.39, 0.29) is 5.41 Å². The Balaban J connectivity index is 4.16. The molecule has 0 spiro atoms. The van der Waals surface area contributed by atoms with Gasteiger partial charge in [-0.25, -0.2) is 0 Å². The summed E-state index contributed by atoms with van der Waals surface area (Å²) in [5, 5.41) is 8.64. The van der Waals surface area contributed by atoms with E-state index < -0.39 is 10.8 Å². The summed E-state index contributed by atoms with van der Waals surface area (Å²) in [6.45, 7) is 4.10. The van der Waals surface area contributed by atoms with Crippen LogP contribution in [-0.4, -0.2) is 29.6 Å². The normalized spacial score (nSPS) is 14.5. The maximum absolute atomic E-state index is 10.5. The highest BCUT2D eigenvalue weighted by molar-refractivity contribution is 9.10. The smallest absolute Gasteiger partial charge is 0.317 e. The van der Waals surface area contributed by atoms with Crippen molar-refractivity contribution < 1.29 is 14.6 Å².